The molecule has 1 aromatic heterocycles. The van der Waals surface area contributed by atoms with E-state index >= 15 is 0 Å². The number of aliphatic hydroxyl groups excluding tert-OH is 1. The van der Waals surface area contributed by atoms with E-state index in [4.69, 9.17) is 0 Å². The molecule has 2 N–H and O–H groups in total. The second-order valence-corrected chi connectivity index (χ2v) is 5.34. The smallest absolute Gasteiger partial charge is 0.257 e. The van der Waals surface area contributed by atoms with Crippen molar-refractivity contribution in [2.45, 2.75) is 27.4 Å². The third kappa shape index (κ3) is 4.07. The van der Waals surface area contributed by atoms with Crippen molar-refractivity contribution in [1.29, 1.82) is 0 Å². The van der Waals surface area contributed by atoms with E-state index < -0.39 is 0 Å². The molecule has 1 heterocycles. The van der Waals surface area contributed by atoms with Crippen LogP contribution in [0.5, 0.6) is 0 Å². The number of aliphatic hydroxyl groups is 1. The normalized spacial score (nSPS) is 10.4. The highest BCUT2D eigenvalue weighted by molar-refractivity contribution is 6.04. The van der Waals surface area contributed by atoms with Gasteiger partial charge in [0.25, 0.3) is 5.91 Å². The van der Waals surface area contributed by atoms with Gasteiger partial charge in [-0.2, -0.15) is 0 Å². The largest absolute Gasteiger partial charge is 0.392 e. The van der Waals surface area contributed by atoms with Gasteiger partial charge >= 0.3 is 0 Å². The molecule has 5 nitrogen and oxygen atoms in total. The van der Waals surface area contributed by atoms with Gasteiger partial charge in [0.15, 0.2) is 0 Å². The molecule has 0 unspecified atom stereocenters. The SMILES string of the molecule is CCN(CC)c1ccc(C(=O)Nc2cc(CO)ccc2C)cn1. The summed E-state index contributed by atoms with van der Waals surface area (Å²) < 4.78 is 0. The summed E-state index contributed by atoms with van der Waals surface area (Å²) in [6.07, 6.45) is 1.59. The summed E-state index contributed by atoms with van der Waals surface area (Å²) in [6, 6.07) is 9.14. The average Bonchev–Trinajstić information content (AvgIpc) is 2.58. The van der Waals surface area contributed by atoms with E-state index in [0.29, 0.717) is 11.3 Å². The van der Waals surface area contributed by atoms with E-state index in [1.165, 1.54) is 0 Å². The van der Waals surface area contributed by atoms with Crippen LogP contribution < -0.4 is 10.2 Å². The summed E-state index contributed by atoms with van der Waals surface area (Å²) in [5.74, 6) is 0.659. The van der Waals surface area contributed by atoms with E-state index in [1.807, 2.05) is 25.1 Å². The van der Waals surface area contributed by atoms with E-state index in [1.54, 1.807) is 18.3 Å². The number of anilines is 2. The first-order valence-corrected chi connectivity index (χ1v) is 7.81. The second kappa shape index (κ2) is 7.74. The number of hydrogen-bond donors (Lipinski definition) is 2. The quantitative estimate of drug-likeness (QED) is 0.860. The fourth-order valence-electron chi connectivity index (χ4n) is 2.35. The molecule has 122 valence electrons. The minimum Gasteiger partial charge on any atom is -0.392 e. The van der Waals surface area contributed by atoms with E-state index in [9.17, 15) is 9.90 Å². The highest BCUT2D eigenvalue weighted by atomic mass is 16.3. The van der Waals surface area contributed by atoms with Crippen LogP contribution in [-0.2, 0) is 6.61 Å². The second-order valence-electron chi connectivity index (χ2n) is 5.34. The number of carbonyl (C=O) groups is 1. The van der Waals surface area contributed by atoms with E-state index in [2.05, 4.69) is 29.0 Å². The molecule has 0 saturated heterocycles. The predicted octanol–water partition coefficient (Wildman–Crippen LogP) is 2.98. The van der Waals surface area contributed by atoms with E-state index in [0.717, 1.165) is 30.0 Å². The Bertz CT molecular complexity index is 664. The van der Waals surface area contributed by atoms with Crippen molar-refractivity contribution < 1.29 is 9.90 Å². The summed E-state index contributed by atoms with van der Waals surface area (Å²) in [4.78, 5) is 18.8. The Morgan fingerprint density at radius 1 is 1.22 bits per heavy atom. The number of amides is 1. The Hall–Kier alpha value is -2.40. The molecule has 0 fully saturated rings. The molecule has 0 bridgehead atoms. The maximum absolute atomic E-state index is 12.4. The standard InChI is InChI=1S/C18H23N3O2/c1-4-21(5-2)17-9-8-15(11-19-17)18(23)20-16-10-14(12-22)7-6-13(16)3/h6-11,22H,4-5,12H2,1-3H3,(H,20,23). The van der Waals surface area contributed by atoms with Gasteiger partial charge in [0, 0.05) is 25.0 Å². The van der Waals surface area contributed by atoms with Crippen molar-refractivity contribution >= 4 is 17.4 Å². The molecule has 1 amide bonds. The van der Waals surface area contributed by atoms with E-state index in [-0.39, 0.29) is 12.5 Å². The molecular formula is C18H23N3O2. The van der Waals surface area contributed by atoms with Crippen molar-refractivity contribution in [2.75, 3.05) is 23.3 Å². The van der Waals surface area contributed by atoms with Gasteiger partial charge in [-0.15, -0.1) is 0 Å². The minimum atomic E-state index is -0.207. The third-order valence-corrected chi connectivity index (χ3v) is 3.83. The third-order valence-electron chi connectivity index (χ3n) is 3.83. The molecular weight excluding hydrogens is 290 g/mol. The summed E-state index contributed by atoms with van der Waals surface area (Å²) in [5.41, 5.74) is 2.92. The number of carbonyl (C=O) groups excluding carboxylic acids is 1. The van der Waals surface area contributed by atoms with Gasteiger partial charge in [0.05, 0.1) is 12.2 Å². The van der Waals surface area contributed by atoms with Gasteiger partial charge < -0.3 is 15.3 Å². The van der Waals surface area contributed by atoms with Crippen LogP contribution in [0.3, 0.4) is 0 Å². The lowest BCUT2D eigenvalue weighted by Crippen LogP contribution is -2.23. The monoisotopic (exact) mass is 313 g/mol. The van der Waals surface area contributed by atoms with Gasteiger partial charge in [-0.1, -0.05) is 12.1 Å². The van der Waals surface area contributed by atoms with Crippen molar-refractivity contribution in [1.82, 2.24) is 4.98 Å². The molecule has 0 radical (unpaired) electrons. The summed E-state index contributed by atoms with van der Waals surface area (Å²) >= 11 is 0. The van der Waals surface area contributed by atoms with Crippen LogP contribution in [0.15, 0.2) is 36.5 Å². The fourth-order valence-corrected chi connectivity index (χ4v) is 2.35. The van der Waals surface area contributed by atoms with Gasteiger partial charge in [0.1, 0.15) is 5.82 Å². The summed E-state index contributed by atoms with van der Waals surface area (Å²) in [7, 11) is 0. The molecule has 23 heavy (non-hydrogen) atoms. The number of rotatable bonds is 6. The lowest BCUT2D eigenvalue weighted by molar-refractivity contribution is 0.102. The van der Waals surface area contributed by atoms with Crippen LogP contribution >= 0.6 is 0 Å². The number of aryl methyl sites for hydroxylation is 1. The molecule has 2 rings (SSSR count). The number of nitrogens with zero attached hydrogens (tertiary/aromatic N) is 2. The van der Waals surface area contributed by atoms with Crippen molar-refractivity contribution in [3.63, 3.8) is 0 Å². The summed E-state index contributed by atoms with van der Waals surface area (Å²) in [5, 5.41) is 12.1. The first-order chi connectivity index (χ1) is 11.1. The zero-order valence-corrected chi connectivity index (χ0v) is 13.8. The number of aromatic nitrogens is 1. The van der Waals surface area contributed by atoms with Gasteiger partial charge in [-0.25, -0.2) is 4.98 Å². The Balaban J connectivity index is 2.15. The molecule has 0 saturated carbocycles. The number of benzene rings is 1. The lowest BCUT2D eigenvalue weighted by atomic mass is 10.1. The minimum absolute atomic E-state index is 0.0523. The van der Waals surface area contributed by atoms with Crippen LogP contribution in [0.25, 0.3) is 0 Å². The molecule has 2 aromatic rings. The van der Waals surface area contributed by atoms with Crippen LogP contribution in [-0.4, -0.2) is 29.1 Å². The zero-order chi connectivity index (χ0) is 16.8. The molecule has 0 aliphatic carbocycles. The fraction of sp³-hybridized carbons (Fsp3) is 0.333. The average molecular weight is 313 g/mol. The lowest BCUT2D eigenvalue weighted by Gasteiger charge is -2.19. The van der Waals surface area contributed by atoms with Crippen molar-refractivity contribution in [3.8, 4) is 0 Å². The van der Waals surface area contributed by atoms with Crippen molar-refractivity contribution in [3.05, 3.63) is 53.2 Å². The molecule has 0 aliphatic heterocycles. The maximum atomic E-state index is 12.4. The number of pyridine rings is 1. The Morgan fingerprint density at radius 3 is 2.52 bits per heavy atom. The first kappa shape index (κ1) is 17.0. The van der Waals surface area contributed by atoms with Crippen LogP contribution in [0, 0.1) is 6.92 Å². The molecule has 5 heteroatoms. The highest BCUT2D eigenvalue weighted by Crippen LogP contribution is 2.18. The topological polar surface area (TPSA) is 65.5 Å². The van der Waals surface area contributed by atoms with Gasteiger partial charge in [-0.3, -0.25) is 4.79 Å². The molecule has 0 aliphatic rings. The maximum Gasteiger partial charge on any atom is 0.257 e. The first-order valence-electron chi connectivity index (χ1n) is 7.81. The highest BCUT2D eigenvalue weighted by Gasteiger charge is 2.10. The van der Waals surface area contributed by atoms with Crippen LogP contribution in [0.1, 0.15) is 35.3 Å². The zero-order valence-electron chi connectivity index (χ0n) is 13.8. The van der Waals surface area contributed by atoms with Crippen LogP contribution in [0.2, 0.25) is 0 Å². The Kier molecular flexibility index (Phi) is 5.71. The molecule has 1 aromatic carbocycles. The summed E-state index contributed by atoms with van der Waals surface area (Å²) in [6.45, 7) is 7.76. The van der Waals surface area contributed by atoms with Gasteiger partial charge in [0.2, 0.25) is 0 Å². The number of nitrogens with one attached hydrogen (secondary N) is 1. The molecule has 0 atom stereocenters. The van der Waals surface area contributed by atoms with Gasteiger partial charge in [-0.05, 0) is 50.1 Å². The Labute approximate surface area is 137 Å². The predicted molar refractivity (Wildman–Crippen MR) is 92.9 cm³/mol. The van der Waals surface area contributed by atoms with Crippen LogP contribution in [0.4, 0.5) is 11.5 Å². The number of hydrogen-bond acceptors (Lipinski definition) is 4. The Morgan fingerprint density at radius 2 is 1.96 bits per heavy atom. The van der Waals surface area contributed by atoms with Crippen molar-refractivity contribution in [2.24, 2.45) is 0 Å². The molecule has 0 spiro atoms.